The Morgan fingerprint density at radius 3 is 2.48 bits per heavy atom. The maximum atomic E-state index is 12.0. The van der Waals surface area contributed by atoms with Gasteiger partial charge in [0.05, 0.1) is 20.8 Å². The lowest BCUT2D eigenvalue weighted by atomic mass is 10.1. The first kappa shape index (κ1) is 21.0. The van der Waals surface area contributed by atoms with Gasteiger partial charge in [-0.15, -0.1) is 10.2 Å². The van der Waals surface area contributed by atoms with Crippen molar-refractivity contribution in [1.82, 2.24) is 20.2 Å². The molecule has 8 nitrogen and oxygen atoms in total. The largest absolute Gasteiger partial charge is 0.454 e. The normalized spacial score (nSPS) is 10.6. The number of hydrogen-bond donors (Lipinski definition) is 1. The molecule has 150 valence electrons. The van der Waals surface area contributed by atoms with E-state index in [1.165, 1.54) is 12.1 Å². The summed E-state index contributed by atoms with van der Waals surface area (Å²) >= 11 is 17.7. The van der Waals surface area contributed by atoms with Gasteiger partial charge in [0.2, 0.25) is 5.82 Å². The van der Waals surface area contributed by atoms with Gasteiger partial charge in [-0.05, 0) is 24.3 Å². The summed E-state index contributed by atoms with van der Waals surface area (Å²) in [6.45, 7) is 1.16. The van der Waals surface area contributed by atoms with Gasteiger partial charge in [0.15, 0.2) is 13.2 Å². The Balaban J connectivity index is 1.52. The van der Waals surface area contributed by atoms with E-state index in [1.807, 2.05) is 31.2 Å². The van der Waals surface area contributed by atoms with E-state index in [9.17, 15) is 9.59 Å². The summed E-state index contributed by atoms with van der Waals surface area (Å²) in [6, 6.07) is 10.3. The molecule has 11 heteroatoms. The van der Waals surface area contributed by atoms with Crippen LogP contribution in [0.5, 0.6) is 0 Å². The fourth-order valence-corrected chi connectivity index (χ4v) is 2.83. The fraction of sp³-hybridized carbons (Fsp3) is 0.167. The average molecular weight is 455 g/mol. The first-order valence-corrected chi connectivity index (χ1v) is 9.40. The summed E-state index contributed by atoms with van der Waals surface area (Å²) in [4.78, 5) is 25.0. The van der Waals surface area contributed by atoms with Crippen molar-refractivity contribution in [2.45, 2.75) is 13.5 Å². The Labute approximate surface area is 180 Å². The number of aromatic nitrogens is 4. The number of nitrogens with zero attached hydrogens (tertiary/aromatic N) is 4. The van der Waals surface area contributed by atoms with Crippen LogP contribution in [-0.4, -0.2) is 38.7 Å². The molecule has 0 aliphatic carbocycles. The number of tetrazole rings is 1. The number of carbonyl (C=O) groups excluding carboxylic acids is 2. The summed E-state index contributed by atoms with van der Waals surface area (Å²) in [6.07, 6.45) is 0. The van der Waals surface area contributed by atoms with Crippen LogP contribution in [0.1, 0.15) is 5.56 Å². The third-order valence-electron chi connectivity index (χ3n) is 3.68. The second kappa shape index (κ2) is 9.21. The number of amides is 1. The van der Waals surface area contributed by atoms with Crippen molar-refractivity contribution in [3.63, 3.8) is 0 Å². The smallest absolute Gasteiger partial charge is 0.330 e. The lowest BCUT2D eigenvalue weighted by molar-refractivity contribution is -0.148. The molecule has 0 spiro atoms. The number of ether oxygens (including phenoxy) is 1. The quantitative estimate of drug-likeness (QED) is 0.449. The van der Waals surface area contributed by atoms with Crippen molar-refractivity contribution in [2.75, 3.05) is 11.9 Å². The number of benzene rings is 2. The van der Waals surface area contributed by atoms with E-state index in [2.05, 4.69) is 20.7 Å². The predicted molar refractivity (Wildman–Crippen MR) is 109 cm³/mol. The minimum absolute atomic E-state index is 0.203. The van der Waals surface area contributed by atoms with Crippen LogP contribution in [0.15, 0.2) is 36.4 Å². The molecule has 0 aliphatic heterocycles. The SMILES string of the molecule is Cc1ccc(-c2nnn(CC(=O)OCC(=O)Nc3cc(Cl)c(Cl)cc3Cl)n2)cc1. The average Bonchev–Trinajstić information content (AvgIpc) is 3.13. The molecule has 3 rings (SSSR count). The summed E-state index contributed by atoms with van der Waals surface area (Å²) in [7, 11) is 0. The Morgan fingerprint density at radius 1 is 1.07 bits per heavy atom. The zero-order valence-corrected chi connectivity index (χ0v) is 17.3. The molecule has 1 heterocycles. The molecular weight excluding hydrogens is 441 g/mol. The van der Waals surface area contributed by atoms with Gasteiger partial charge in [0.1, 0.15) is 0 Å². The van der Waals surface area contributed by atoms with Crippen LogP contribution in [0.2, 0.25) is 15.1 Å². The van der Waals surface area contributed by atoms with Crippen LogP contribution in [-0.2, 0) is 20.9 Å². The number of anilines is 1. The zero-order chi connectivity index (χ0) is 21.0. The molecule has 0 unspecified atom stereocenters. The second-order valence-electron chi connectivity index (χ2n) is 5.96. The summed E-state index contributed by atoms with van der Waals surface area (Å²) in [5, 5.41) is 15.0. The van der Waals surface area contributed by atoms with Crippen LogP contribution < -0.4 is 5.32 Å². The molecule has 2 aromatic carbocycles. The zero-order valence-electron chi connectivity index (χ0n) is 15.0. The van der Waals surface area contributed by atoms with Gasteiger partial charge in [-0.1, -0.05) is 64.6 Å². The Kier molecular flexibility index (Phi) is 6.68. The number of esters is 1. The molecule has 0 atom stereocenters. The monoisotopic (exact) mass is 453 g/mol. The Morgan fingerprint density at radius 2 is 1.76 bits per heavy atom. The highest BCUT2D eigenvalue weighted by molar-refractivity contribution is 6.44. The molecule has 0 saturated heterocycles. The van der Waals surface area contributed by atoms with Crippen LogP contribution in [0.3, 0.4) is 0 Å². The minimum Gasteiger partial charge on any atom is -0.454 e. The van der Waals surface area contributed by atoms with Crippen molar-refractivity contribution < 1.29 is 14.3 Å². The summed E-state index contributed by atoms with van der Waals surface area (Å²) in [5.41, 5.74) is 2.13. The number of halogens is 3. The molecule has 0 fully saturated rings. The van der Waals surface area contributed by atoms with Crippen molar-refractivity contribution in [1.29, 1.82) is 0 Å². The first-order chi connectivity index (χ1) is 13.8. The molecule has 3 aromatic rings. The lowest BCUT2D eigenvalue weighted by Gasteiger charge is -2.09. The highest BCUT2D eigenvalue weighted by Gasteiger charge is 2.14. The van der Waals surface area contributed by atoms with Crippen LogP contribution >= 0.6 is 34.8 Å². The van der Waals surface area contributed by atoms with Gasteiger partial charge >= 0.3 is 5.97 Å². The molecule has 0 saturated carbocycles. The Hall–Kier alpha value is -2.68. The van der Waals surface area contributed by atoms with E-state index >= 15 is 0 Å². The van der Waals surface area contributed by atoms with E-state index in [-0.39, 0.29) is 27.3 Å². The highest BCUT2D eigenvalue weighted by atomic mass is 35.5. The predicted octanol–water partition coefficient (Wildman–Crippen LogP) is 3.79. The van der Waals surface area contributed by atoms with E-state index in [1.54, 1.807) is 0 Å². The molecule has 0 radical (unpaired) electrons. The Bertz CT molecular complexity index is 1050. The van der Waals surface area contributed by atoms with Crippen molar-refractivity contribution in [3.05, 3.63) is 57.0 Å². The van der Waals surface area contributed by atoms with Crippen LogP contribution in [0.4, 0.5) is 5.69 Å². The van der Waals surface area contributed by atoms with Crippen molar-refractivity contribution >= 4 is 52.4 Å². The molecule has 29 heavy (non-hydrogen) atoms. The number of hydrogen-bond acceptors (Lipinski definition) is 6. The van der Waals surface area contributed by atoms with E-state index < -0.39 is 18.5 Å². The first-order valence-electron chi connectivity index (χ1n) is 8.26. The van der Waals surface area contributed by atoms with E-state index in [4.69, 9.17) is 39.5 Å². The van der Waals surface area contributed by atoms with Gasteiger partial charge in [-0.25, -0.2) is 4.79 Å². The third-order valence-corrected chi connectivity index (χ3v) is 4.72. The number of nitrogens with one attached hydrogen (secondary N) is 1. The fourth-order valence-electron chi connectivity index (χ4n) is 2.24. The van der Waals surface area contributed by atoms with Crippen molar-refractivity contribution in [2.24, 2.45) is 0 Å². The highest BCUT2D eigenvalue weighted by Crippen LogP contribution is 2.32. The van der Waals surface area contributed by atoms with E-state index in [0.29, 0.717) is 5.82 Å². The number of aryl methyl sites for hydroxylation is 1. The molecule has 0 aliphatic rings. The third kappa shape index (κ3) is 5.66. The number of rotatable bonds is 6. The molecule has 1 N–H and O–H groups in total. The topological polar surface area (TPSA) is 99.0 Å². The van der Waals surface area contributed by atoms with Gasteiger partial charge in [-0.2, -0.15) is 4.80 Å². The second-order valence-corrected chi connectivity index (χ2v) is 7.19. The van der Waals surface area contributed by atoms with Gasteiger partial charge in [0, 0.05) is 5.56 Å². The van der Waals surface area contributed by atoms with Crippen molar-refractivity contribution in [3.8, 4) is 11.4 Å². The van der Waals surface area contributed by atoms with Gasteiger partial charge in [0.25, 0.3) is 5.91 Å². The summed E-state index contributed by atoms with van der Waals surface area (Å²) in [5.74, 6) is -0.913. The molecule has 0 bridgehead atoms. The molecule has 1 amide bonds. The standard InChI is InChI=1S/C18H14Cl3N5O3/c1-10-2-4-11(5-3-10)18-23-25-26(24-18)8-17(28)29-9-16(27)22-15-7-13(20)12(19)6-14(15)21/h2-7H,8-9H2,1H3,(H,22,27). The van der Waals surface area contributed by atoms with E-state index in [0.717, 1.165) is 15.9 Å². The molecule has 1 aromatic heterocycles. The minimum atomic E-state index is -0.701. The number of carbonyl (C=O) groups is 2. The van der Waals surface area contributed by atoms with Crippen LogP contribution in [0.25, 0.3) is 11.4 Å². The maximum Gasteiger partial charge on any atom is 0.330 e. The maximum absolute atomic E-state index is 12.0. The summed E-state index contributed by atoms with van der Waals surface area (Å²) < 4.78 is 4.92. The van der Waals surface area contributed by atoms with Gasteiger partial charge in [-0.3, -0.25) is 4.79 Å². The molecular formula is C18H14Cl3N5O3. The van der Waals surface area contributed by atoms with Gasteiger partial charge < -0.3 is 10.1 Å². The lowest BCUT2D eigenvalue weighted by Crippen LogP contribution is -2.23. The van der Waals surface area contributed by atoms with Crippen LogP contribution in [0, 0.1) is 6.92 Å².